The van der Waals surface area contributed by atoms with Crippen molar-refractivity contribution in [1.29, 1.82) is 0 Å². The molecule has 4 rings (SSSR count). The smallest absolute Gasteiger partial charge is 0.264 e. The predicted octanol–water partition coefficient (Wildman–Crippen LogP) is 3.01. The Hall–Kier alpha value is -4.12. The number of benzene rings is 2. The number of fused-ring (bicyclic) bond motifs is 2. The molecule has 0 radical (unpaired) electrons. The van der Waals surface area contributed by atoms with Gasteiger partial charge in [-0.15, -0.1) is 0 Å². The summed E-state index contributed by atoms with van der Waals surface area (Å²) in [6.45, 7) is 3.51. The Balaban J connectivity index is 0.00000420. The van der Waals surface area contributed by atoms with Gasteiger partial charge >= 0.3 is 0 Å². The van der Waals surface area contributed by atoms with Crippen LogP contribution in [0.25, 0.3) is 16.5 Å². The average Bonchev–Trinajstić information content (AvgIpc) is 2.88. The maximum atomic E-state index is 13.3. The van der Waals surface area contributed by atoms with Crippen molar-refractivity contribution in [3.63, 3.8) is 0 Å². The summed E-state index contributed by atoms with van der Waals surface area (Å²) in [7, 11) is 0.604. The quantitative estimate of drug-likeness (QED) is 0.460. The lowest BCUT2D eigenvalue weighted by Gasteiger charge is -2.34. The van der Waals surface area contributed by atoms with Crippen LogP contribution in [0.15, 0.2) is 51.2 Å². The molecule has 0 atom stereocenters. The third kappa shape index (κ3) is 4.76. The fourth-order valence-corrected chi connectivity index (χ4v) is 6.14. The predicted molar refractivity (Wildman–Crippen MR) is 152 cm³/mol. The van der Waals surface area contributed by atoms with E-state index < -0.39 is 15.9 Å². The molecule has 1 aliphatic rings. The van der Waals surface area contributed by atoms with E-state index in [2.05, 4.69) is 9.71 Å². The maximum Gasteiger partial charge on any atom is 0.264 e. The molecule has 0 aliphatic carbocycles. The van der Waals surface area contributed by atoms with Crippen molar-refractivity contribution in [3.8, 4) is 5.75 Å². The van der Waals surface area contributed by atoms with Crippen LogP contribution in [0.3, 0.4) is 0 Å². The Morgan fingerprint density at radius 2 is 1.95 bits per heavy atom. The minimum atomic E-state index is -4.23. The van der Waals surface area contributed by atoms with Crippen molar-refractivity contribution >= 4 is 50.0 Å². The number of carbonyl (C=O) groups is 1. The first-order valence-corrected chi connectivity index (χ1v) is 13.5. The highest BCUT2D eigenvalue weighted by Gasteiger charge is 2.28. The molecule has 3 N–H and O–H groups in total. The van der Waals surface area contributed by atoms with Crippen molar-refractivity contribution in [3.05, 3.63) is 63.6 Å². The van der Waals surface area contributed by atoms with Gasteiger partial charge in [-0.2, -0.15) is 0 Å². The number of aromatic nitrogens is 1. The number of anilines is 2. The molecule has 0 saturated carbocycles. The molecule has 1 aromatic heterocycles. The number of hydrogen-bond acceptors (Lipinski definition) is 8. The first-order chi connectivity index (χ1) is 18.0. The number of nitrogens with two attached hydrogens (primary N) is 1. The molecule has 2 heterocycles. The number of aryl methyl sites for hydroxylation is 3. The van der Waals surface area contributed by atoms with E-state index in [1.807, 2.05) is 23.1 Å². The van der Waals surface area contributed by atoms with Gasteiger partial charge in [-0.05, 0) is 43.5 Å². The molecule has 10 nitrogen and oxygen atoms in total. The van der Waals surface area contributed by atoms with Crippen molar-refractivity contribution in [1.82, 2.24) is 9.29 Å². The van der Waals surface area contributed by atoms with Gasteiger partial charge in [0.1, 0.15) is 5.75 Å². The molecule has 0 fully saturated rings. The molecule has 11 heteroatoms. The minimum absolute atomic E-state index is 0. The first kappa shape index (κ1) is 26.9. The van der Waals surface area contributed by atoms with E-state index in [0.29, 0.717) is 46.6 Å². The first-order valence-electron chi connectivity index (χ1n) is 12.0. The van der Waals surface area contributed by atoms with Crippen LogP contribution in [0.1, 0.15) is 31.5 Å². The average molecular weight is 540 g/mol. The van der Waals surface area contributed by atoms with Crippen LogP contribution in [-0.4, -0.2) is 45.8 Å². The van der Waals surface area contributed by atoms with Gasteiger partial charge in [-0.3, -0.25) is 14.6 Å². The molecule has 0 unspecified atom stereocenters. The third-order valence-corrected chi connectivity index (χ3v) is 8.10. The lowest BCUT2D eigenvalue weighted by atomic mass is 9.95. The number of methoxy groups -OCH3 is 1. The number of rotatable bonds is 6. The molecule has 0 spiro atoms. The Morgan fingerprint density at radius 3 is 2.58 bits per heavy atom. The second kappa shape index (κ2) is 10.3. The maximum absolute atomic E-state index is 13.3. The van der Waals surface area contributed by atoms with E-state index in [4.69, 9.17) is 10.5 Å². The number of nitrogens with one attached hydrogen (secondary N) is 1. The number of sulfonamides is 1. The number of carbonyl (C=O) groups excluding carboxylic acids is 1. The van der Waals surface area contributed by atoms with Crippen LogP contribution in [0.4, 0.5) is 11.4 Å². The molecule has 1 aliphatic heterocycles. The second-order valence-corrected chi connectivity index (χ2v) is 10.8. The van der Waals surface area contributed by atoms with E-state index in [1.165, 1.54) is 12.4 Å². The SMILES string of the molecule is CN=C/C(=C\N)c1cc2c(cc1S(=O)(=O)NC(C)=O)N(c1cc(OC)cc3c1cc(C)c(=O)n3C)CCC2.[HH]. The minimum Gasteiger partial charge on any atom is -0.497 e. The van der Waals surface area contributed by atoms with E-state index in [9.17, 15) is 18.0 Å². The zero-order chi connectivity index (χ0) is 27.8. The third-order valence-electron chi connectivity index (χ3n) is 6.63. The summed E-state index contributed by atoms with van der Waals surface area (Å²) >= 11 is 0. The summed E-state index contributed by atoms with van der Waals surface area (Å²) in [6, 6.07) is 8.90. The van der Waals surface area contributed by atoms with Crippen molar-refractivity contribution < 1.29 is 19.4 Å². The van der Waals surface area contributed by atoms with Crippen LogP contribution in [0.2, 0.25) is 0 Å². The van der Waals surface area contributed by atoms with Gasteiger partial charge in [0, 0.05) is 81.3 Å². The van der Waals surface area contributed by atoms with E-state index >= 15 is 0 Å². The molecular formula is C27H33N5O5S. The Bertz CT molecular complexity index is 1680. The van der Waals surface area contributed by atoms with Gasteiger partial charge in [0.2, 0.25) is 5.91 Å². The van der Waals surface area contributed by atoms with Gasteiger partial charge in [-0.25, -0.2) is 13.1 Å². The van der Waals surface area contributed by atoms with Gasteiger partial charge in [-0.1, -0.05) is 0 Å². The molecule has 38 heavy (non-hydrogen) atoms. The van der Waals surface area contributed by atoms with Crippen molar-refractivity contribution in [2.24, 2.45) is 17.8 Å². The zero-order valence-corrected chi connectivity index (χ0v) is 22.8. The van der Waals surface area contributed by atoms with Crippen LogP contribution in [-0.2, 0) is 28.3 Å². The fourth-order valence-electron chi connectivity index (χ4n) is 4.91. The highest BCUT2D eigenvalue weighted by molar-refractivity contribution is 7.90. The Kier molecular flexibility index (Phi) is 7.32. The number of nitrogens with zero attached hydrogens (tertiary/aromatic N) is 3. The highest BCUT2D eigenvalue weighted by Crippen LogP contribution is 2.42. The number of aliphatic imine (C=N–C) groups is 1. The molecular weight excluding hydrogens is 506 g/mol. The van der Waals surface area contributed by atoms with Crippen LogP contribution in [0, 0.1) is 6.92 Å². The molecule has 0 bridgehead atoms. The van der Waals surface area contributed by atoms with Gasteiger partial charge in [0.15, 0.2) is 0 Å². The van der Waals surface area contributed by atoms with Gasteiger partial charge in [0.05, 0.1) is 23.2 Å². The monoisotopic (exact) mass is 539 g/mol. The molecule has 1 amide bonds. The van der Waals surface area contributed by atoms with E-state index in [-0.39, 0.29) is 11.9 Å². The zero-order valence-electron chi connectivity index (χ0n) is 22.0. The molecule has 2 aromatic carbocycles. The van der Waals surface area contributed by atoms with E-state index in [0.717, 1.165) is 30.0 Å². The Morgan fingerprint density at radius 1 is 1.21 bits per heavy atom. The van der Waals surface area contributed by atoms with Crippen LogP contribution < -0.4 is 25.7 Å². The van der Waals surface area contributed by atoms with Gasteiger partial charge < -0.3 is 19.9 Å². The topological polar surface area (TPSA) is 136 Å². The number of ether oxygens (including phenoxy) is 1. The molecule has 0 saturated heterocycles. The summed E-state index contributed by atoms with van der Waals surface area (Å²) in [5, 5.41) is 0.828. The summed E-state index contributed by atoms with van der Waals surface area (Å²) in [4.78, 5) is 30.4. The number of hydrogen-bond donors (Lipinski definition) is 2. The summed E-state index contributed by atoms with van der Waals surface area (Å²) < 4.78 is 35.9. The summed E-state index contributed by atoms with van der Waals surface area (Å²) in [5.74, 6) is -0.142. The number of pyridine rings is 1. The molecule has 202 valence electrons. The van der Waals surface area contributed by atoms with Crippen molar-refractivity contribution in [2.45, 2.75) is 31.6 Å². The number of allylic oxidation sites excluding steroid dienone is 1. The molecule has 3 aromatic rings. The van der Waals surface area contributed by atoms with Gasteiger partial charge in [0.25, 0.3) is 15.6 Å². The van der Waals surface area contributed by atoms with Crippen molar-refractivity contribution in [2.75, 3.05) is 25.6 Å². The Labute approximate surface area is 223 Å². The normalized spacial score (nSPS) is 14.1. The lowest BCUT2D eigenvalue weighted by Crippen LogP contribution is -2.30. The fraction of sp³-hybridized carbons (Fsp3) is 0.296. The largest absolute Gasteiger partial charge is 0.497 e. The lowest BCUT2D eigenvalue weighted by molar-refractivity contribution is -0.117. The number of amides is 1. The highest BCUT2D eigenvalue weighted by atomic mass is 32.2. The summed E-state index contributed by atoms with van der Waals surface area (Å²) in [5.41, 5.74) is 10.1. The second-order valence-electron chi connectivity index (χ2n) is 9.17. The summed E-state index contributed by atoms with van der Waals surface area (Å²) in [6.07, 6.45) is 4.28. The van der Waals surface area contributed by atoms with E-state index in [1.54, 1.807) is 44.8 Å². The van der Waals surface area contributed by atoms with Crippen LogP contribution in [0.5, 0.6) is 5.75 Å². The standard InChI is InChI=1S/C27H31N5O5S.H2/c1-16-9-22-24(31(4)27(16)34)11-20(37-5)12-25(22)32-8-6-7-18-10-21(19(14-28)15-29-3)26(13-23(18)32)38(35,36)30-17(2)33;/h9-15H,6-8,28H2,1-5H3,(H,30,33);1H/b19-14+,29-15?;. The van der Waals surface area contributed by atoms with Crippen LogP contribution >= 0.6 is 0 Å².